The fourth-order valence-electron chi connectivity index (χ4n) is 2.27. The molecule has 3 nitrogen and oxygen atoms in total. The van der Waals surface area contributed by atoms with Gasteiger partial charge in [0, 0.05) is 5.56 Å². The minimum Gasteiger partial charge on any atom is -0.497 e. The van der Waals surface area contributed by atoms with Crippen molar-refractivity contribution in [2.75, 3.05) is 7.11 Å². The fraction of sp³-hybridized carbons (Fsp3) is 0.118. The first-order chi connectivity index (χ1) is 9.69. The summed E-state index contributed by atoms with van der Waals surface area (Å²) in [5.74, 6) is 1.43. The van der Waals surface area contributed by atoms with Gasteiger partial charge in [0.1, 0.15) is 11.5 Å². The van der Waals surface area contributed by atoms with Crippen LogP contribution < -0.4 is 4.74 Å². The van der Waals surface area contributed by atoms with E-state index in [2.05, 4.69) is 0 Å². The van der Waals surface area contributed by atoms with Crippen LogP contribution in [0, 0.1) is 6.92 Å². The Bertz CT molecular complexity index is 784. The highest BCUT2D eigenvalue weighted by Gasteiger charge is 2.14. The Labute approximate surface area is 116 Å². The van der Waals surface area contributed by atoms with E-state index in [1.807, 2.05) is 36.4 Å². The van der Waals surface area contributed by atoms with Crippen LogP contribution in [0.5, 0.6) is 5.75 Å². The number of ketones is 1. The van der Waals surface area contributed by atoms with Crippen molar-refractivity contribution in [2.24, 2.45) is 0 Å². The van der Waals surface area contributed by atoms with Crippen molar-refractivity contribution in [1.29, 1.82) is 0 Å². The van der Waals surface area contributed by atoms with Gasteiger partial charge < -0.3 is 9.15 Å². The molecule has 100 valence electrons. The third-order valence-electron chi connectivity index (χ3n) is 3.41. The Morgan fingerprint density at radius 1 is 1.05 bits per heavy atom. The monoisotopic (exact) mass is 266 g/mol. The van der Waals surface area contributed by atoms with Crippen LogP contribution in [0.2, 0.25) is 0 Å². The quantitative estimate of drug-likeness (QED) is 0.673. The van der Waals surface area contributed by atoms with Crippen LogP contribution in [0.4, 0.5) is 0 Å². The maximum atomic E-state index is 12.4. The predicted molar refractivity (Wildman–Crippen MR) is 77.4 cm³/mol. The zero-order chi connectivity index (χ0) is 14.1. The maximum absolute atomic E-state index is 12.4. The highest BCUT2D eigenvalue weighted by molar-refractivity contribution is 6.11. The molecule has 0 spiro atoms. The number of hydrogen-bond donors (Lipinski definition) is 0. The van der Waals surface area contributed by atoms with Crippen molar-refractivity contribution in [3.8, 4) is 5.75 Å². The number of carbonyl (C=O) groups is 1. The van der Waals surface area contributed by atoms with E-state index < -0.39 is 0 Å². The number of aryl methyl sites for hydroxylation is 1. The molecule has 0 atom stereocenters. The number of carbonyl (C=O) groups excluding carboxylic acids is 1. The minimum atomic E-state index is -0.0195. The summed E-state index contributed by atoms with van der Waals surface area (Å²) in [5.41, 5.74) is 1.27. The fourth-order valence-corrected chi connectivity index (χ4v) is 2.27. The number of hydrogen-bond acceptors (Lipinski definition) is 3. The van der Waals surface area contributed by atoms with Gasteiger partial charge in [-0.2, -0.15) is 0 Å². The Morgan fingerprint density at radius 2 is 1.80 bits per heavy atom. The molecule has 0 aliphatic carbocycles. The van der Waals surface area contributed by atoms with Gasteiger partial charge in [0.25, 0.3) is 0 Å². The zero-order valence-corrected chi connectivity index (χ0v) is 11.3. The second kappa shape index (κ2) is 4.85. The van der Waals surface area contributed by atoms with Crippen molar-refractivity contribution in [3.63, 3.8) is 0 Å². The topological polar surface area (TPSA) is 39.4 Å². The van der Waals surface area contributed by atoms with E-state index in [4.69, 9.17) is 9.15 Å². The lowest BCUT2D eigenvalue weighted by molar-refractivity contribution is 0.103. The molecule has 0 saturated heterocycles. The molecule has 0 bridgehead atoms. The van der Waals surface area contributed by atoms with Gasteiger partial charge in [-0.15, -0.1) is 0 Å². The molecule has 0 fully saturated rings. The molecule has 0 aliphatic rings. The number of rotatable bonds is 3. The second-order valence-corrected chi connectivity index (χ2v) is 4.65. The van der Waals surface area contributed by atoms with E-state index in [0.29, 0.717) is 16.9 Å². The van der Waals surface area contributed by atoms with Crippen LogP contribution in [0.1, 0.15) is 21.7 Å². The molecule has 1 aromatic heterocycles. The molecule has 3 heteroatoms. The maximum Gasteiger partial charge on any atom is 0.196 e. The molecule has 1 heterocycles. The first-order valence-electron chi connectivity index (χ1n) is 6.35. The van der Waals surface area contributed by atoms with E-state index in [1.54, 1.807) is 20.1 Å². The molecule has 0 saturated carbocycles. The van der Waals surface area contributed by atoms with E-state index >= 15 is 0 Å². The van der Waals surface area contributed by atoms with Crippen molar-refractivity contribution in [2.45, 2.75) is 6.92 Å². The SMILES string of the molecule is COc1ccc2cc(C(=O)c3ccoc3C)ccc2c1. The third kappa shape index (κ3) is 2.07. The van der Waals surface area contributed by atoms with Crippen LogP contribution in [0.3, 0.4) is 0 Å². The van der Waals surface area contributed by atoms with Crippen LogP contribution in [0.15, 0.2) is 53.1 Å². The molecular formula is C17H14O3. The Balaban J connectivity index is 2.05. The van der Waals surface area contributed by atoms with Crippen molar-refractivity contribution >= 4 is 16.6 Å². The standard InChI is InChI=1S/C17H14O3/c1-11-16(7-8-20-11)17(18)14-4-3-13-10-15(19-2)6-5-12(13)9-14/h3-10H,1-2H3. The molecule has 0 radical (unpaired) electrons. The van der Waals surface area contributed by atoms with E-state index in [1.165, 1.54) is 6.26 Å². The summed E-state index contributed by atoms with van der Waals surface area (Å²) in [6.07, 6.45) is 1.54. The highest BCUT2D eigenvalue weighted by Crippen LogP contribution is 2.23. The lowest BCUT2D eigenvalue weighted by Gasteiger charge is -2.05. The number of ether oxygens (including phenoxy) is 1. The van der Waals surface area contributed by atoms with Crippen LogP contribution >= 0.6 is 0 Å². The molecule has 0 N–H and O–H groups in total. The Kier molecular flexibility index (Phi) is 3.03. The Morgan fingerprint density at radius 3 is 2.50 bits per heavy atom. The van der Waals surface area contributed by atoms with Crippen molar-refractivity contribution in [1.82, 2.24) is 0 Å². The van der Waals surface area contributed by atoms with Gasteiger partial charge in [-0.25, -0.2) is 0 Å². The molecular weight excluding hydrogens is 252 g/mol. The summed E-state index contributed by atoms with van der Waals surface area (Å²) in [5, 5.41) is 2.06. The molecule has 2 aromatic carbocycles. The molecule has 0 aliphatic heterocycles. The van der Waals surface area contributed by atoms with E-state index in [9.17, 15) is 4.79 Å². The summed E-state index contributed by atoms with van der Waals surface area (Å²) in [6, 6.07) is 13.1. The lowest BCUT2D eigenvalue weighted by atomic mass is 10.0. The second-order valence-electron chi connectivity index (χ2n) is 4.65. The smallest absolute Gasteiger partial charge is 0.196 e. The predicted octanol–water partition coefficient (Wildman–Crippen LogP) is 3.98. The molecule has 20 heavy (non-hydrogen) atoms. The molecule has 0 amide bonds. The normalized spacial score (nSPS) is 10.7. The van der Waals surface area contributed by atoms with Gasteiger partial charge in [0.15, 0.2) is 5.78 Å². The number of methoxy groups -OCH3 is 1. The van der Waals surface area contributed by atoms with Gasteiger partial charge >= 0.3 is 0 Å². The van der Waals surface area contributed by atoms with Crippen molar-refractivity contribution in [3.05, 3.63) is 65.6 Å². The number of benzene rings is 2. The number of furan rings is 1. The minimum absolute atomic E-state index is 0.0195. The van der Waals surface area contributed by atoms with Crippen LogP contribution in [0.25, 0.3) is 10.8 Å². The van der Waals surface area contributed by atoms with Gasteiger partial charge in [0.05, 0.1) is 18.9 Å². The van der Waals surface area contributed by atoms with Gasteiger partial charge in [-0.3, -0.25) is 4.79 Å². The summed E-state index contributed by atoms with van der Waals surface area (Å²) >= 11 is 0. The largest absolute Gasteiger partial charge is 0.497 e. The van der Waals surface area contributed by atoms with Gasteiger partial charge in [-0.05, 0) is 42.0 Å². The lowest BCUT2D eigenvalue weighted by Crippen LogP contribution is -2.01. The highest BCUT2D eigenvalue weighted by atomic mass is 16.5. The summed E-state index contributed by atoms with van der Waals surface area (Å²) in [6.45, 7) is 1.79. The average molecular weight is 266 g/mol. The summed E-state index contributed by atoms with van der Waals surface area (Å²) in [7, 11) is 1.64. The van der Waals surface area contributed by atoms with Crippen molar-refractivity contribution < 1.29 is 13.9 Å². The molecule has 3 rings (SSSR count). The summed E-state index contributed by atoms with van der Waals surface area (Å²) < 4.78 is 10.4. The van der Waals surface area contributed by atoms with Crippen LogP contribution in [-0.4, -0.2) is 12.9 Å². The molecule has 0 unspecified atom stereocenters. The first kappa shape index (κ1) is 12.5. The first-order valence-corrected chi connectivity index (χ1v) is 6.35. The van der Waals surface area contributed by atoms with E-state index in [0.717, 1.165) is 16.5 Å². The van der Waals surface area contributed by atoms with Gasteiger partial charge in [0.2, 0.25) is 0 Å². The van der Waals surface area contributed by atoms with Crippen LogP contribution in [-0.2, 0) is 0 Å². The molecule has 3 aromatic rings. The zero-order valence-electron chi connectivity index (χ0n) is 11.3. The summed E-state index contributed by atoms with van der Waals surface area (Å²) in [4.78, 5) is 12.4. The average Bonchev–Trinajstić information content (AvgIpc) is 2.91. The van der Waals surface area contributed by atoms with Gasteiger partial charge in [-0.1, -0.05) is 18.2 Å². The van der Waals surface area contributed by atoms with E-state index in [-0.39, 0.29) is 5.78 Å². The third-order valence-corrected chi connectivity index (χ3v) is 3.41. The Hall–Kier alpha value is -2.55. The number of fused-ring (bicyclic) bond motifs is 1.